The Morgan fingerprint density at radius 3 is 1.44 bits per heavy atom. The Kier molecular flexibility index (Phi) is 22.3. The molecule has 0 aliphatic carbocycles. The molecule has 4 aliphatic rings. The van der Waals surface area contributed by atoms with Gasteiger partial charge in [-0.15, -0.1) is 10.2 Å². The number of piperazine rings is 2. The fraction of sp³-hybridized carbons (Fsp3) is 0.478. The van der Waals surface area contributed by atoms with Crippen molar-refractivity contribution in [1.82, 2.24) is 54.3 Å². The lowest BCUT2D eigenvalue weighted by Crippen LogP contribution is -2.47. The molecule has 2 aromatic carbocycles. The molecule has 3 N–H and O–H groups in total. The molecule has 24 heteroatoms. The maximum absolute atomic E-state index is 14.0. The first-order chi connectivity index (χ1) is 44.4. The Morgan fingerprint density at radius 1 is 0.538 bits per heavy atom. The molecule has 0 saturated carbocycles. The third-order valence-corrected chi connectivity index (χ3v) is 16.7. The number of imidazole rings is 2. The summed E-state index contributed by atoms with van der Waals surface area (Å²) < 4.78 is 59.3. The first-order valence-corrected chi connectivity index (χ1v) is 32.0. The van der Waals surface area contributed by atoms with E-state index in [1.807, 2.05) is 103 Å². The minimum Gasteiger partial charge on any atom is -0.444 e. The van der Waals surface area contributed by atoms with E-state index in [0.29, 0.717) is 65.9 Å². The molecule has 91 heavy (non-hydrogen) atoms. The predicted octanol–water partition coefficient (Wildman–Crippen LogP) is 8.34. The number of anilines is 4. The predicted molar refractivity (Wildman–Crippen MR) is 348 cm³/mol. The molecule has 6 aromatic heterocycles. The highest BCUT2D eigenvalue weighted by Crippen LogP contribution is 2.38. The molecular weight excluding hydrogens is 1160 g/mol. The van der Waals surface area contributed by atoms with Gasteiger partial charge in [0.25, 0.3) is 0 Å². The maximum Gasteiger partial charge on any atom is 0.407 e. The van der Waals surface area contributed by atoms with Crippen molar-refractivity contribution in [3.63, 3.8) is 0 Å². The molecule has 1 amide bonds. The van der Waals surface area contributed by atoms with Crippen LogP contribution in [0.2, 0.25) is 0 Å². The number of pyridine rings is 2. The Morgan fingerprint density at radius 2 is 0.989 bits per heavy atom. The van der Waals surface area contributed by atoms with Gasteiger partial charge in [-0.25, -0.2) is 42.5 Å². The number of alkyl carbamates (subject to hydrolysis) is 1. The van der Waals surface area contributed by atoms with Gasteiger partial charge in [0.1, 0.15) is 51.9 Å². The van der Waals surface area contributed by atoms with Crippen molar-refractivity contribution in [2.24, 2.45) is 5.73 Å². The highest BCUT2D eigenvalue weighted by molar-refractivity contribution is 5.68. The molecular formula is C67H86F2N16O6. The number of benzene rings is 2. The van der Waals surface area contributed by atoms with Crippen LogP contribution >= 0.6 is 0 Å². The molecule has 12 rings (SSSR count). The number of nitrogens with two attached hydrogens (primary N) is 1. The smallest absolute Gasteiger partial charge is 0.407 e. The summed E-state index contributed by atoms with van der Waals surface area (Å²) in [6.45, 7) is 21.7. The molecule has 10 heterocycles. The second kappa shape index (κ2) is 31.4. The van der Waals surface area contributed by atoms with Gasteiger partial charge in [0.15, 0.2) is 11.3 Å². The molecule has 484 valence electrons. The molecule has 22 nitrogen and oxygen atoms in total. The summed E-state index contributed by atoms with van der Waals surface area (Å²) in [7, 11) is 0. The fourth-order valence-corrected chi connectivity index (χ4v) is 12.1. The van der Waals surface area contributed by atoms with E-state index in [1.54, 1.807) is 24.3 Å². The fourth-order valence-electron chi connectivity index (χ4n) is 12.1. The number of hydrogen-bond acceptors (Lipinski definition) is 19. The minimum atomic E-state index is -0.513. The van der Waals surface area contributed by atoms with Crippen LogP contribution in [-0.4, -0.2) is 205 Å². The van der Waals surface area contributed by atoms with Crippen molar-refractivity contribution in [2.45, 2.75) is 64.1 Å². The Bertz CT molecular complexity index is 3610. The normalized spacial score (nSPS) is 17.5. The topological polar surface area (TPSA) is 207 Å². The van der Waals surface area contributed by atoms with Crippen LogP contribution in [0, 0.1) is 11.6 Å². The highest BCUT2D eigenvalue weighted by Gasteiger charge is 2.30. The van der Waals surface area contributed by atoms with Gasteiger partial charge < -0.3 is 54.3 Å². The van der Waals surface area contributed by atoms with E-state index in [4.69, 9.17) is 49.6 Å². The van der Waals surface area contributed by atoms with Crippen LogP contribution in [0.1, 0.15) is 69.7 Å². The van der Waals surface area contributed by atoms with Crippen LogP contribution in [-0.2, 0) is 23.7 Å². The molecule has 8 aromatic rings. The monoisotopic (exact) mass is 1250 g/mol. The first kappa shape index (κ1) is 64.6. The summed E-state index contributed by atoms with van der Waals surface area (Å²) in [5.41, 5.74) is 11.7. The van der Waals surface area contributed by atoms with Gasteiger partial charge in [0.2, 0.25) is 0 Å². The van der Waals surface area contributed by atoms with Crippen molar-refractivity contribution in [2.75, 3.05) is 164 Å². The zero-order valence-corrected chi connectivity index (χ0v) is 52.6. The average molecular weight is 1250 g/mol. The number of nitrogens with zero attached hydrogens (tertiary/aromatic N) is 14. The largest absolute Gasteiger partial charge is 0.444 e. The Hall–Kier alpha value is -7.97. The summed E-state index contributed by atoms with van der Waals surface area (Å²) in [5.74, 6) is 3.16. The number of carbonyl (C=O) groups is 1. The number of amides is 1. The summed E-state index contributed by atoms with van der Waals surface area (Å²) in [4.78, 5) is 44.9. The second-order valence-electron chi connectivity index (χ2n) is 24.1. The second-order valence-corrected chi connectivity index (χ2v) is 24.1. The maximum atomic E-state index is 14.0. The molecule has 0 unspecified atom stereocenters. The Balaban J connectivity index is 0.000000189. The van der Waals surface area contributed by atoms with E-state index in [0.717, 1.165) is 173 Å². The van der Waals surface area contributed by atoms with Crippen molar-refractivity contribution >= 4 is 40.7 Å². The number of rotatable bonds is 25. The number of carbonyl (C=O) groups excluding carboxylic acids is 1. The number of ether oxygens (including phenoxy) is 5. The lowest BCUT2D eigenvalue weighted by molar-refractivity contribution is 0.0341. The van der Waals surface area contributed by atoms with E-state index in [2.05, 4.69) is 56.8 Å². The van der Waals surface area contributed by atoms with Crippen molar-refractivity contribution < 1.29 is 37.3 Å². The van der Waals surface area contributed by atoms with Gasteiger partial charge in [-0.3, -0.25) is 9.80 Å². The summed E-state index contributed by atoms with van der Waals surface area (Å²) in [6.07, 6.45) is 7.21. The van der Waals surface area contributed by atoms with Crippen LogP contribution in [0.3, 0.4) is 0 Å². The standard InChI is InChI=1S/C36H47FN8O4.C31H39FN8O2/c1-36(2,3)49-35(46)38-14-21-47-23-24-48-22-20-42-16-18-43(19-17-42)33-11-5-9-29(40-33)31-26-39-32-12-13-34(41-45(31)32)44-15-6-10-30(44)27-7-4-8-28(37)25-27;32-25-5-1-4-24(22-25)27-7-3-12-39(27)31-10-9-29-34-23-28(40(29)36-31)26-6-2-8-30(35-26)38-15-13-37(14-16-38)17-19-42-21-20-41-18-11-33/h4-5,7-9,11-13,25-26,30H,6,10,14-24H2,1-3H3,(H,38,46);1-2,4-6,8-10,22-23,27H,3,7,11-21,33H2/t30-;27-/m00/s1. The lowest BCUT2D eigenvalue weighted by atomic mass is 10.0. The number of fused-ring (bicyclic) bond motifs is 2. The van der Waals surface area contributed by atoms with Gasteiger partial charge in [-0.2, -0.15) is 0 Å². The summed E-state index contributed by atoms with van der Waals surface area (Å²) in [6, 6.07) is 34.2. The molecule has 4 fully saturated rings. The number of nitrogens with one attached hydrogen (secondary N) is 1. The van der Waals surface area contributed by atoms with Crippen LogP contribution < -0.4 is 30.7 Å². The zero-order chi connectivity index (χ0) is 62.9. The van der Waals surface area contributed by atoms with E-state index in [9.17, 15) is 13.6 Å². The van der Waals surface area contributed by atoms with Gasteiger partial charge >= 0.3 is 6.09 Å². The quantitative estimate of drug-likeness (QED) is 0.0516. The van der Waals surface area contributed by atoms with Gasteiger partial charge in [-0.05, 0) is 130 Å². The van der Waals surface area contributed by atoms with Crippen LogP contribution in [0.4, 0.5) is 36.8 Å². The van der Waals surface area contributed by atoms with Gasteiger partial charge in [0, 0.05) is 91.6 Å². The van der Waals surface area contributed by atoms with E-state index in [-0.39, 0.29) is 23.7 Å². The third-order valence-electron chi connectivity index (χ3n) is 16.7. The summed E-state index contributed by atoms with van der Waals surface area (Å²) >= 11 is 0. The van der Waals surface area contributed by atoms with Crippen LogP contribution in [0.15, 0.2) is 122 Å². The number of hydrogen-bond donors (Lipinski definition) is 2. The van der Waals surface area contributed by atoms with Crippen LogP contribution in [0.25, 0.3) is 34.1 Å². The van der Waals surface area contributed by atoms with E-state index >= 15 is 0 Å². The molecule has 4 aliphatic heterocycles. The minimum absolute atomic E-state index is 0.0829. The van der Waals surface area contributed by atoms with Crippen LogP contribution in [0.5, 0.6) is 0 Å². The van der Waals surface area contributed by atoms with E-state index in [1.165, 1.54) is 12.1 Å². The van der Waals surface area contributed by atoms with Gasteiger partial charge in [0.05, 0.1) is 88.7 Å². The molecule has 0 bridgehead atoms. The van der Waals surface area contributed by atoms with Crippen molar-refractivity contribution in [3.8, 4) is 22.8 Å². The highest BCUT2D eigenvalue weighted by atomic mass is 19.1. The lowest BCUT2D eigenvalue weighted by Gasteiger charge is -2.35. The zero-order valence-electron chi connectivity index (χ0n) is 52.6. The molecule has 0 spiro atoms. The average Bonchev–Trinajstić information content (AvgIpc) is 1.72. The van der Waals surface area contributed by atoms with E-state index < -0.39 is 11.7 Å². The number of halogens is 2. The SMILES string of the molecule is CC(C)(C)OC(=O)NCCOCCOCCN1CCN(c2cccc(-c3cnc4ccc(N5CCC[C@H]5c5cccc(F)c5)nn34)n2)CC1.NCCOCCOCCN1CCN(c2cccc(-c3cnc4ccc(N5CCC[C@H]5c5cccc(F)c5)nn34)n2)CC1. The molecule has 2 atom stereocenters. The Labute approximate surface area is 531 Å². The van der Waals surface area contributed by atoms with Gasteiger partial charge in [-0.1, -0.05) is 36.4 Å². The molecule has 0 radical (unpaired) electrons. The summed E-state index contributed by atoms with van der Waals surface area (Å²) in [5, 5.41) is 12.7. The number of aromatic nitrogens is 8. The third kappa shape index (κ3) is 17.3. The van der Waals surface area contributed by atoms with Crippen molar-refractivity contribution in [3.05, 3.63) is 144 Å². The van der Waals surface area contributed by atoms with Crippen molar-refractivity contribution in [1.29, 1.82) is 0 Å². The first-order valence-electron chi connectivity index (χ1n) is 32.0. The molecule has 4 saturated heterocycles.